The summed E-state index contributed by atoms with van der Waals surface area (Å²) >= 11 is 0. The van der Waals surface area contributed by atoms with E-state index in [-0.39, 0.29) is 48.6 Å². The molecule has 0 unspecified atom stereocenters. The molecule has 0 atom stereocenters. The van der Waals surface area contributed by atoms with E-state index in [1.807, 2.05) is 13.0 Å². The van der Waals surface area contributed by atoms with Crippen molar-refractivity contribution in [3.05, 3.63) is 69.1 Å². The average molecular weight is 480 g/mol. The second kappa shape index (κ2) is 9.06. The van der Waals surface area contributed by atoms with Gasteiger partial charge in [0, 0.05) is 24.8 Å². The maximum Gasteiger partial charge on any atom is 0.416 e. The minimum absolute atomic E-state index is 0. The van der Waals surface area contributed by atoms with Crippen LogP contribution in [0.4, 0.5) is 13.2 Å². The highest BCUT2D eigenvalue weighted by Crippen LogP contribution is 2.29. The van der Waals surface area contributed by atoms with Gasteiger partial charge in [-0.05, 0) is 30.7 Å². The van der Waals surface area contributed by atoms with Gasteiger partial charge in [-0.15, -0.1) is 24.0 Å². The molecule has 0 aliphatic heterocycles. The average Bonchev–Trinajstić information content (AvgIpc) is 2.57. The summed E-state index contributed by atoms with van der Waals surface area (Å²) in [7, 11) is 1.67. The number of nitrogens with zero attached hydrogens (tertiary/aromatic N) is 2. The van der Waals surface area contributed by atoms with Gasteiger partial charge in [0.15, 0.2) is 5.96 Å². The molecule has 0 bridgehead atoms. The molecule has 0 saturated carbocycles. The lowest BCUT2D eigenvalue weighted by atomic mass is 10.1. The van der Waals surface area contributed by atoms with Crippen LogP contribution in [0, 0.1) is 6.92 Å². The van der Waals surface area contributed by atoms with E-state index in [2.05, 4.69) is 10.3 Å². The van der Waals surface area contributed by atoms with Gasteiger partial charge in [0.05, 0.1) is 12.1 Å². The van der Waals surface area contributed by atoms with Crippen molar-refractivity contribution in [2.75, 3.05) is 0 Å². The Hall–Kier alpha value is -2.04. The lowest BCUT2D eigenvalue weighted by molar-refractivity contribution is -0.137. The summed E-state index contributed by atoms with van der Waals surface area (Å²) in [6.45, 7) is 2.02. The summed E-state index contributed by atoms with van der Waals surface area (Å²) in [5, 5.41) is 2.79. The lowest BCUT2D eigenvalue weighted by Crippen LogP contribution is -2.34. The van der Waals surface area contributed by atoms with E-state index in [4.69, 9.17) is 5.73 Å². The number of hydrogen-bond acceptors (Lipinski definition) is 2. The van der Waals surface area contributed by atoms with E-state index >= 15 is 0 Å². The summed E-state index contributed by atoms with van der Waals surface area (Å²) in [4.78, 5) is 16.1. The number of alkyl halides is 3. The van der Waals surface area contributed by atoms with Gasteiger partial charge in [-0.3, -0.25) is 4.79 Å². The Labute approximate surface area is 166 Å². The van der Waals surface area contributed by atoms with Gasteiger partial charge in [0.25, 0.3) is 5.56 Å². The van der Waals surface area contributed by atoms with Gasteiger partial charge in [0.1, 0.15) is 0 Å². The van der Waals surface area contributed by atoms with Crippen LogP contribution in [0.5, 0.6) is 0 Å². The highest BCUT2D eigenvalue weighted by molar-refractivity contribution is 14.0. The molecular weight excluding hydrogens is 460 g/mol. The van der Waals surface area contributed by atoms with Crippen LogP contribution in [-0.2, 0) is 26.3 Å². The minimum Gasteiger partial charge on any atom is -0.370 e. The normalized spacial score (nSPS) is 11.8. The summed E-state index contributed by atoms with van der Waals surface area (Å²) < 4.78 is 39.5. The molecule has 0 aliphatic rings. The van der Waals surface area contributed by atoms with Crippen LogP contribution in [0.1, 0.15) is 22.4 Å². The van der Waals surface area contributed by atoms with Crippen LogP contribution in [0.15, 0.2) is 46.2 Å². The number of aryl methyl sites for hydroxylation is 1. The molecule has 2 aromatic rings. The molecule has 142 valence electrons. The number of benzene rings is 1. The zero-order valence-electron chi connectivity index (χ0n) is 14.3. The number of aliphatic imine (C=N–C) groups is 1. The van der Waals surface area contributed by atoms with Gasteiger partial charge >= 0.3 is 6.18 Å². The molecule has 0 saturated heterocycles. The molecule has 5 nitrogen and oxygen atoms in total. The molecular formula is C17H20F3IN4O. The Morgan fingerprint density at radius 1 is 1.27 bits per heavy atom. The first-order valence-corrected chi connectivity index (χ1v) is 7.54. The van der Waals surface area contributed by atoms with Crippen molar-refractivity contribution >= 4 is 29.9 Å². The van der Waals surface area contributed by atoms with Gasteiger partial charge in [0.2, 0.25) is 0 Å². The molecule has 1 aromatic heterocycles. The third-order valence-electron chi connectivity index (χ3n) is 3.78. The Kier molecular flexibility index (Phi) is 7.67. The van der Waals surface area contributed by atoms with Crippen LogP contribution in [0.3, 0.4) is 0 Å². The van der Waals surface area contributed by atoms with Gasteiger partial charge in [-0.1, -0.05) is 18.2 Å². The molecule has 0 spiro atoms. The first kappa shape index (κ1) is 22.0. The number of nitrogens with one attached hydrogen (secondary N) is 1. The second-order valence-corrected chi connectivity index (χ2v) is 5.62. The summed E-state index contributed by atoms with van der Waals surface area (Å²) in [6, 6.07) is 8.42. The van der Waals surface area contributed by atoms with Crippen molar-refractivity contribution in [3.8, 4) is 0 Å². The Balaban J connectivity index is 0.00000338. The number of rotatable bonds is 4. The highest BCUT2D eigenvalue weighted by Gasteiger charge is 2.30. The van der Waals surface area contributed by atoms with E-state index in [0.717, 1.165) is 17.8 Å². The van der Waals surface area contributed by atoms with Crippen molar-refractivity contribution in [1.29, 1.82) is 0 Å². The summed E-state index contributed by atoms with van der Waals surface area (Å²) in [6.07, 6.45) is -4.39. The number of aromatic nitrogens is 1. The number of nitrogens with two attached hydrogens (primary N) is 1. The Morgan fingerprint density at radius 2 is 1.96 bits per heavy atom. The smallest absolute Gasteiger partial charge is 0.370 e. The van der Waals surface area contributed by atoms with Gasteiger partial charge in [-0.2, -0.15) is 13.2 Å². The topological polar surface area (TPSA) is 72.4 Å². The van der Waals surface area contributed by atoms with E-state index in [1.54, 1.807) is 19.2 Å². The second-order valence-electron chi connectivity index (χ2n) is 5.62. The number of guanidine groups is 1. The van der Waals surface area contributed by atoms with Crippen LogP contribution < -0.4 is 16.6 Å². The molecule has 9 heteroatoms. The number of halogens is 4. The predicted octanol–water partition coefficient (Wildman–Crippen LogP) is 2.94. The Bertz CT molecular complexity index is 847. The fraction of sp³-hybridized carbons (Fsp3) is 0.294. The van der Waals surface area contributed by atoms with E-state index in [9.17, 15) is 18.0 Å². The fourth-order valence-electron chi connectivity index (χ4n) is 2.18. The summed E-state index contributed by atoms with van der Waals surface area (Å²) in [5.74, 6) is 0.0556. The SMILES string of the molecule is Cc1ccc(CNC(N)=NCc2cccc(C(F)(F)F)c2)c(=O)n1C.I. The maximum absolute atomic E-state index is 12.7. The molecule has 0 fully saturated rings. The molecule has 0 radical (unpaired) electrons. The van der Waals surface area contributed by atoms with Crippen molar-refractivity contribution in [2.45, 2.75) is 26.2 Å². The first-order valence-electron chi connectivity index (χ1n) is 7.54. The van der Waals surface area contributed by atoms with E-state index in [1.165, 1.54) is 10.6 Å². The molecule has 2 rings (SSSR count). The van der Waals surface area contributed by atoms with Gasteiger partial charge < -0.3 is 15.6 Å². The molecule has 0 aliphatic carbocycles. The highest BCUT2D eigenvalue weighted by atomic mass is 127. The molecule has 26 heavy (non-hydrogen) atoms. The van der Waals surface area contributed by atoms with E-state index in [0.29, 0.717) is 11.1 Å². The minimum atomic E-state index is -4.39. The lowest BCUT2D eigenvalue weighted by Gasteiger charge is -2.09. The van der Waals surface area contributed by atoms with E-state index < -0.39 is 11.7 Å². The first-order chi connectivity index (χ1) is 11.7. The van der Waals surface area contributed by atoms with Crippen LogP contribution in [0.25, 0.3) is 0 Å². The van der Waals surface area contributed by atoms with Gasteiger partial charge in [-0.25, -0.2) is 4.99 Å². The molecule has 1 heterocycles. The largest absolute Gasteiger partial charge is 0.416 e. The van der Waals surface area contributed by atoms with Crippen molar-refractivity contribution in [2.24, 2.45) is 17.8 Å². The third-order valence-corrected chi connectivity index (χ3v) is 3.78. The maximum atomic E-state index is 12.7. The monoisotopic (exact) mass is 480 g/mol. The predicted molar refractivity (Wildman–Crippen MR) is 105 cm³/mol. The van der Waals surface area contributed by atoms with Crippen LogP contribution in [-0.4, -0.2) is 10.5 Å². The third kappa shape index (κ3) is 5.75. The van der Waals surface area contributed by atoms with Crippen LogP contribution in [0.2, 0.25) is 0 Å². The summed E-state index contributed by atoms with van der Waals surface area (Å²) in [5.41, 5.74) is 6.60. The fourth-order valence-corrected chi connectivity index (χ4v) is 2.18. The number of hydrogen-bond donors (Lipinski definition) is 2. The van der Waals surface area contributed by atoms with Crippen molar-refractivity contribution < 1.29 is 13.2 Å². The van der Waals surface area contributed by atoms with Crippen molar-refractivity contribution in [1.82, 2.24) is 9.88 Å². The quantitative estimate of drug-likeness (QED) is 0.402. The zero-order chi connectivity index (χ0) is 18.6. The zero-order valence-corrected chi connectivity index (χ0v) is 16.6. The standard InChI is InChI=1S/C17H19F3N4O.HI/c1-11-6-7-13(15(25)24(11)2)10-23-16(21)22-9-12-4-3-5-14(8-12)17(18,19)20;/h3-8H,9-10H2,1-2H3,(H3,21,22,23);1H. The molecule has 1 aromatic carbocycles. The molecule has 3 N–H and O–H groups in total. The molecule has 0 amide bonds. The van der Waals surface area contributed by atoms with Crippen LogP contribution >= 0.6 is 24.0 Å². The van der Waals surface area contributed by atoms with Crippen molar-refractivity contribution in [3.63, 3.8) is 0 Å². The number of pyridine rings is 1. The Morgan fingerprint density at radius 3 is 2.62 bits per heavy atom.